The lowest BCUT2D eigenvalue weighted by molar-refractivity contribution is 0.0897. The van der Waals surface area contributed by atoms with E-state index in [0.717, 1.165) is 26.1 Å². The molecule has 1 aromatic carbocycles. The van der Waals surface area contributed by atoms with Crippen molar-refractivity contribution in [2.24, 2.45) is 5.92 Å². The maximum Gasteiger partial charge on any atom is 0.287 e. The Labute approximate surface area is 127 Å². The molecule has 0 aliphatic carbocycles. The first kappa shape index (κ1) is 13.5. The maximum absolute atomic E-state index is 13.2. The Kier molecular flexibility index (Phi) is 3.22. The zero-order valence-corrected chi connectivity index (χ0v) is 12.1. The maximum atomic E-state index is 13.2. The summed E-state index contributed by atoms with van der Waals surface area (Å²) < 4.78 is 18.8. The van der Waals surface area contributed by atoms with Gasteiger partial charge >= 0.3 is 0 Å². The number of halogens is 1. The number of hydrogen-bond acceptors (Lipinski definition) is 3. The first-order chi connectivity index (χ1) is 10.7. The Hall–Kier alpha value is -2.14. The molecule has 2 unspecified atom stereocenters. The molecular formula is C17H17FN2O2. The summed E-state index contributed by atoms with van der Waals surface area (Å²) >= 11 is 0. The second-order valence-electron chi connectivity index (χ2n) is 6.06. The highest BCUT2D eigenvalue weighted by atomic mass is 19.1. The Morgan fingerprint density at radius 3 is 2.91 bits per heavy atom. The van der Waals surface area contributed by atoms with Crippen LogP contribution in [0.1, 0.15) is 17.0 Å². The third-order valence-corrected chi connectivity index (χ3v) is 4.59. The largest absolute Gasteiger partial charge is 0.451 e. The molecule has 2 saturated heterocycles. The Morgan fingerprint density at radius 2 is 2.18 bits per heavy atom. The van der Waals surface area contributed by atoms with E-state index in [4.69, 9.17) is 4.42 Å². The molecule has 5 heteroatoms. The minimum Gasteiger partial charge on any atom is -0.451 e. The zero-order valence-electron chi connectivity index (χ0n) is 12.1. The van der Waals surface area contributed by atoms with E-state index in [9.17, 15) is 9.18 Å². The number of piperidine rings is 1. The number of carbonyl (C=O) groups is 1. The number of nitrogens with one attached hydrogen (secondary N) is 1. The van der Waals surface area contributed by atoms with Crippen LogP contribution < -0.4 is 5.32 Å². The SMILES string of the molecule is O=C(NC1CN2CC[C@H]1C2)c1ccc(-c2cccc(F)c2)o1. The molecule has 2 aromatic rings. The van der Waals surface area contributed by atoms with E-state index in [-0.39, 0.29) is 23.5 Å². The van der Waals surface area contributed by atoms with E-state index in [1.54, 1.807) is 24.3 Å². The molecule has 22 heavy (non-hydrogen) atoms. The van der Waals surface area contributed by atoms with Crippen LogP contribution in [0.25, 0.3) is 11.3 Å². The molecule has 4 nitrogen and oxygen atoms in total. The van der Waals surface area contributed by atoms with Crippen LogP contribution >= 0.6 is 0 Å². The van der Waals surface area contributed by atoms with Crippen LogP contribution in [0.5, 0.6) is 0 Å². The molecule has 2 aliphatic rings. The predicted molar refractivity (Wildman–Crippen MR) is 79.9 cm³/mol. The second-order valence-corrected chi connectivity index (χ2v) is 6.06. The Morgan fingerprint density at radius 1 is 1.27 bits per heavy atom. The van der Waals surface area contributed by atoms with Gasteiger partial charge in [-0.1, -0.05) is 12.1 Å². The quantitative estimate of drug-likeness (QED) is 0.947. The minimum absolute atomic E-state index is 0.193. The van der Waals surface area contributed by atoms with Crippen molar-refractivity contribution in [3.05, 3.63) is 48.0 Å². The molecule has 1 amide bonds. The fraction of sp³-hybridized carbons (Fsp3) is 0.353. The van der Waals surface area contributed by atoms with Crippen LogP contribution in [-0.4, -0.2) is 36.5 Å². The Bertz CT molecular complexity index is 712. The van der Waals surface area contributed by atoms with Gasteiger partial charge in [-0.05, 0) is 43.1 Å². The van der Waals surface area contributed by atoms with Crippen molar-refractivity contribution in [2.45, 2.75) is 12.5 Å². The summed E-state index contributed by atoms with van der Waals surface area (Å²) in [6.45, 7) is 3.15. The van der Waals surface area contributed by atoms with Crippen LogP contribution in [-0.2, 0) is 0 Å². The lowest BCUT2D eigenvalue weighted by Gasteiger charge is -2.22. The third-order valence-electron chi connectivity index (χ3n) is 4.59. The number of benzene rings is 1. The van der Waals surface area contributed by atoms with Gasteiger partial charge in [0, 0.05) is 24.7 Å². The molecule has 0 radical (unpaired) electrons. The number of furan rings is 1. The van der Waals surface area contributed by atoms with Gasteiger partial charge in [-0.2, -0.15) is 0 Å². The van der Waals surface area contributed by atoms with Crippen molar-refractivity contribution < 1.29 is 13.6 Å². The van der Waals surface area contributed by atoms with E-state index < -0.39 is 0 Å². The molecule has 0 spiro atoms. The first-order valence-corrected chi connectivity index (χ1v) is 7.58. The van der Waals surface area contributed by atoms with Gasteiger partial charge in [-0.3, -0.25) is 4.79 Å². The van der Waals surface area contributed by atoms with Crippen LogP contribution in [0, 0.1) is 11.7 Å². The van der Waals surface area contributed by atoms with Crippen molar-refractivity contribution in [3.8, 4) is 11.3 Å². The van der Waals surface area contributed by atoms with E-state index >= 15 is 0 Å². The van der Waals surface area contributed by atoms with E-state index in [1.165, 1.54) is 12.1 Å². The molecule has 2 bridgehead atoms. The van der Waals surface area contributed by atoms with Gasteiger partial charge in [0.25, 0.3) is 5.91 Å². The molecule has 3 heterocycles. The summed E-state index contributed by atoms with van der Waals surface area (Å²) in [7, 11) is 0. The summed E-state index contributed by atoms with van der Waals surface area (Å²) in [4.78, 5) is 14.7. The number of carbonyl (C=O) groups excluding carboxylic acids is 1. The third kappa shape index (κ3) is 2.41. The standard InChI is InChI=1S/C17H17FN2O2/c18-13-3-1-2-11(8-13)15-4-5-16(22-15)17(21)19-14-10-20-7-6-12(14)9-20/h1-5,8,12,14H,6-7,9-10H2,(H,19,21)/t12-,14?/m0/s1. The van der Waals surface area contributed by atoms with Crippen molar-refractivity contribution in [1.29, 1.82) is 0 Å². The molecule has 0 saturated carbocycles. The van der Waals surface area contributed by atoms with Crippen molar-refractivity contribution in [3.63, 3.8) is 0 Å². The molecule has 4 rings (SSSR count). The van der Waals surface area contributed by atoms with Crippen molar-refractivity contribution >= 4 is 5.91 Å². The van der Waals surface area contributed by atoms with Gasteiger partial charge in [0.15, 0.2) is 5.76 Å². The average Bonchev–Trinajstić information content (AvgIpc) is 3.23. The lowest BCUT2D eigenvalue weighted by atomic mass is 10.00. The number of fused-ring (bicyclic) bond motifs is 2. The topological polar surface area (TPSA) is 45.5 Å². The van der Waals surface area contributed by atoms with Gasteiger partial charge in [0.1, 0.15) is 11.6 Å². The number of rotatable bonds is 3. The number of hydrogen-bond donors (Lipinski definition) is 1. The van der Waals surface area contributed by atoms with E-state index in [2.05, 4.69) is 10.2 Å². The summed E-state index contributed by atoms with van der Waals surface area (Å²) in [5, 5.41) is 3.05. The van der Waals surface area contributed by atoms with Crippen molar-refractivity contribution in [1.82, 2.24) is 10.2 Å². The molecule has 1 N–H and O–H groups in total. The molecular weight excluding hydrogens is 283 g/mol. The highest BCUT2D eigenvalue weighted by Crippen LogP contribution is 2.28. The molecule has 2 fully saturated rings. The molecule has 3 atom stereocenters. The van der Waals surface area contributed by atoms with Gasteiger partial charge in [0.2, 0.25) is 0 Å². The van der Waals surface area contributed by atoms with Gasteiger partial charge < -0.3 is 14.6 Å². The van der Waals surface area contributed by atoms with Crippen LogP contribution in [0.2, 0.25) is 0 Å². The highest BCUT2D eigenvalue weighted by molar-refractivity contribution is 5.92. The monoisotopic (exact) mass is 300 g/mol. The van der Waals surface area contributed by atoms with E-state index in [1.807, 2.05) is 0 Å². The lowest BCUT2D eigenvalue weighted by Crippen LogP contribution is -2.43. The van der Waals surface area contributed by atoms with Crippen molar-refractivity contribution in [2.75, 3.05) is 19.6 Å². The molecule has 1 aromatic heterocycles. The summed E-state index contributed by atoms with van der Waals surface area (Å²) in [5.74, 6) is 0.817. The highest BCUT2D eigenvalue weighted by Gasteiger charge is 2.38. The second kappa shape index (κ2) is 5.25. The molecule has 114 valence electrons. The first-order valence-electron chi connectivity index (χ1n) is 7.58. The number of nitrogens with zero attached hydrogens (tertiary/aromatic N) is 1. The average molecular weight is 300 g/mol. The van der Waals surface area contributed by atoms with Gasteiger partial charge in [-0.25, -0.2) is 4.39 Å². The fourth-order valence-electron chi connectivity index (χ4n) is 3.44. The number of amides is 1. The summed E-state index contributed by atoms with van der Waals surface area (Å²) in [6, 6.07) is 9.71. The smallest absolute Gasteiger partial charge is 0.287 e. The predicted octanol–water partition coefficient (Wildman–Crippen LogP) is 2.52. The van der Waals surface area contributed by atoms with Gasteiger partial charge in [-0.15, -0.1) is 0 Å². The Balaban J connectivity index is 1.48. The van der Waals surface area contributed by atoms with Crippen LogP contribution in [0.15, 0.2) is 40.8 Å². The van der Waals surface area contributed by atoms with E-state index in [0.29, 0.717) is 17.2 Å². The van der Waals surface area contributed by atoms with Crippen LogP contribution in [0.3, 0.4) is 0 Å². The van der Waals surface area contributed by atoms with Crippen LogP contribution in [0.4, 0.5) is 4.39 Å². The molecule has 2 aliphatic heterocycles. The summed E-state index contributed by atoms with van der Waals surface area (Å²) in [5.41, 5.74) is 0.630. The fourth-order valence-corrected chi connectivity index (χ4v) is 3.44. The van der Waals surface area contributed by atoms with Gasteiger partial charge in [0.05, 0.1) is 0 Å². The summed E-state index contributed by atoms with van der Waals surface area (Å²) in [6.07, 6.45) is 1.15. The minimum atomic E-state index is -0.323. The normalized spacial score (nSPS) is 26.3. The zero-order chi connectivity index (χ0) is 15.1.